The summed E-state index contributed by atoms with van der Waals surface area (Å²) in [5.74, 6) is 1.65. The minimum Gasteiger partial charge on any atom is -0.313 e. The lowest BCUT2D eigenvalue weighted by atomic mass is 10.1. The second kappa shape index (κ2) is 4.04. The van der Waals surface area contributed by atoms with Gasteiger partial charge in [-0.1, -0.05) is 13.3 Å². The van der Waals surface area contributed by atoms with Crippen LogP contribution in [0.25, 0.3) is 0 Å². The molecule has 1 fully saturated rings. The summed E-state index contributed by atoms with van der Waals surface area (Å²) in [7, 11) is 1.91. The third-order valence-corrected chi connectivity index (χ3v) is 3.03. The van der Waals surface area contributed by atoms with Crippen molar-refractivity contribution in [3.8, 4) is 0 Å². The van der Waals surface area contributed by atoms with Crippen LogP contribution in [-0.4, -0.2) is 27.3 Å². The van der Waals surface area contributed by atoms with Gasteiger partial charge in [-0.25, -0.2) is 4.68 Å². The maximum absolute atomic E-state index is 4.08. The molecule has 2 atom stereocenters. The molecule has 1 aliphatic carbocycles. The molecule has 78 valence electrons. The zero-order valence-corrected chi connectivity index (χ0v) is 8.77. The van der Waals surface area contributed by atoms with E-state index in [1.807, 2.05) is 11.7 Å². The zero-order chi connectivity index (χ0) is 9.97. The Bertz CT molecular complexity index is 295. The van der Waals surface area contributed by atoms with E-state index in [0.717, 1.165) is 12.4 Å². The van der Waals surface area contributed by atoms with Crippen LogP contribution in [0.5, 0.6) is 0 Å². The molecule has 1 N–H and O–H groups in total. The van der Waals surface area contributed by atoms with E-state index < -0.39 is 0 Å². The lowest BCUT2D eigenvalue weighted by Gasteiger charge is -2.16. The smallest absolute Gasteiger partial charge is 0.165 e. The Kier molecular flexibility index (Phi) is 2.77. The van der Waals surface area contributed by atoms with Crippen molar-refractivity contribution in [2.75, 3.05) is 7.05 Å². The number of hydrogen-bond donors (Lipinski definition) is 1. The molecule has 0 aliphatic heterocycles. The van der Waals surface area contributed by atoms with Gasteiger partial charge in [-0.15, -0.1) is 5.10 Å². The van der Waals surface area contributed by atoms with Gasteiger partial charge in [-0.3, -0.25) is 0 Å². The van der Waals surface area contributed by atoms with Crippen LogP contribution < -0.4 is 5.32 Å². The minimum atomic E-state index is 0.508. The normalized spacial score (nSPS) is 27.0. The van der Waals surface area contributed by atoms with E-state index >= 15 is 0 Å². The molecule has 1 aromatic rings. The highest BCUT2D eigenvalue weighted by Crippen LogP contribution is 2.34. The number of nitrogens with one attached hydrogen (secondary N) is 1. The van der Waals surface area contributed by atoms with Crippen molar-refractivity contribution in [3.05, 3.63) is 5.82 Å². The molecule has 2 rings (SSSR count). The van der Waals surface area contributed by atoms with Crippen molar-refractivity contribution in [1.29, 1.82) is 0 Å². The van der Waals surface area contributed by atoms with E-state index in [-0.39, 0.29) is 0 Å². The molecule has 0 aromatic carbocycles. The van der Waals surface area contributed by atoms with Crippen molar-refractivity contribution in [1.82, 2.24) is 25.5 Å². The lowest BCUT2D eigenvalue weighted by Crippen LogP contribution is -2.19. The number of aromatic nitrogens is 4. The minimum absolute atomic E-state index is 0.508. The number of hydrogen-bond acceptors (Lipinski definition) is 4. The van der Waals surface area contributed by atoms with E-state index in [9.17, 15) is 0 Å². The third-order valence-electron chi connectivity index (χ3n) is 3.03. The van der Waals surface area contributed by atoms with Gasteiger partial charge in [0.05, 0.1) is 12.6 Å². The van der Waals surface area contributed by atoms with Crippen molar-refractivity contribution < 1.29 is 0 Å². The van der Waals surface area contributed by atoms with Crippen LogP contribution in [0.3, 0.4) is 0 Å². The monoisotopic (exact) mass is 195 g/mol. The molecule has 0 spiro atoms. The summed E-state index contributed by atoms with van der Waals surface area (Å²) in [4.78, 5) is 0. The number of tetrazole rings is 1. The Balaban J connectivity index is 2.17. The Morgan fingerprint density at radius 3 is 3.00 bits per heavy atom. The first-order valence-electron chi connectivity index (χ1n) is 5.24. The van der Waals surface area contributed by atoms with Crippen molar-refractivity contribution in [2.24, 2.45) is 5.92 Å². The molecule has 5 heteroatoms. The summed E-state index contributed by atoms with van der Waals surface area (Å²) in [6, 6.07) is 0.508. The molecule has 1 heterocycles. The molecule has 0 amide bonds. The Morgan fingerprint density at radius 1 is 1.50 bits per heavy atom. The summed E-state index contributed by atoms with van der Waals surface area (Å²) in [5, 5.41) is 14.9. The Morgan fingerprint density at radius 2 is 2.36 bits per heavy atom. The average Bonchev–Trinajstić information content (AvgIpc) is 2.74. The fourth-order valence-corrected chi connectivity index (χ4v) is 2.23. The average molecular weight is 195 g/mol. The Labute approximate surface area is 83.9 Å². The van der Waals surface area contributed by atoms with Gasteiger partial charge in [0, 0.05) is 0 Å². The fraction of sp³-hybridized carbons (Fsp3) is 0.889. The maximum Gasteiger partial charge on any atom is 0.165 e. The molecule has 0 saturated heterocycles. The zero-order valence-electron chi connectivity index (χ0n) is 8.77. The number of nitrogens with zero attached hydrogens (tertiary/aromatic N) is 4. The molecule has 0 bridgehead atoms. The highest BCUT2D eigenvalue weighted by atomic mass is 15.6. The van der Waals surface area contributed by atoms with Crippen LogP contribution in [0.1, 0.15) is 38.1 Å². The quantitative estimate of drug-likeness (QED) is 0.773. The highest BCUT2D eigenvalue weighted by molar-refractivity contribution is 4.88. The van der Waals surface area contributed by atoms with E-state index in [2.05, 4.69) is 27.8 Å². The Hall–Kier alpha value is -0.970. The second-order valence-electron chi connectivity index (χ2n) is 4.05. The summed E-state index contributed by atoms with van der Waals surface area (Å²) >= 11 is 0. The van der Waals surface area contributed by atoms with E-state index in [4.69, 9.17) is 0 Å². The third kappa shape index (κ3) is 1.64. The van der Waals surface area contributed by atoms with Gasteiger partial charge in [0.1, 0.15) is 0 Å². The summed E-state index contributed by atoms with van der Waals surface area (Å²) in [6.45, 7) is 3.03. The largest absolute Gasteiger partial charge is 0.313 e. The summed E-state index contributed by atoms with van der Waals surface area (Å²) in [5.41, 5.74) is 0. The van der Waals surface area contributed by atoms with E-state index in [1.165, 1.54) is 19.3 Å². The first-order valence-corrected chi connectivity index (χ1v) is 5.24. The van der Waals surface area contributed by atoms with E-state index in [0.29, 0.717) is 12.0 Å². The first-order chi connectivity index (χ1) is 6.83. The summed E-state index contributed by atoms with van der Waals surface area (Å²) in [6.07, 6.45) is 3.80. The van der Waals surface area contributed by atoms with Crippen LogP contribution in [0, 0.1) is 5.92 Å². The molecule has 1 aliphatic rings. The first kappa shape index (κ1) is 9.58. The predicted molar refractivity (Wildman–Crippen MR) is 52.6 cm³/mol. The van der Waals surface area contributed by atoms with Crippen molar-refractivity contribution in [3.63, 3.8) is 0 Å². The van der Waals surface area contributed by atoms with Crippen LogP contribution in [0.4, 0.5) is 0 Å². The van der Waals surface area contributed by atoms with E-state index in [1.54, 1.807) is 0 Å². The number of rotatable bonds is 3. The second-order valence-corrected chi connectivity index (χ2v) is 4.05. The van der Waals surface area contributed by atoms with Crippen LogP contribution in [-0.2, 0) is 6.54 Å². The van der Waals surface area contributed by atoms with Crippen LogP contribution >= 0.6 is 0 Å². The van der Waals surface area contributed by atoms with Gasteiger partial charge < -0.3 is 5.32 Å². The standard InChI is InChI=1S/C9H17N5/c1-7-4-3-5-8(7)14-9(6-10-2)11-12-13-14/h7-8,10H,3-6H2,1-2H3. The maximum atomic E-state index is 4.08. The predicted octanol–water partition coefficient (Wildman–Crippen LogP) is 0.754. The highest BCUT2D eigenvalue weighted by Gasteiger charge is 2.27. The van der Waals surface area contributed by atoms with Gasteiger partial charge in [-0.05, 0) is 36.2 Å². The summed E-state index contributed by atoms with van der Waals surface area (Å²) < 4.78 is 1.99. The molecule has 2 unspecified atom stereocenters. The van der Waals surface area contributed by atoms with Gasteiger partial charge in [0.2, 0.25) is 0 Å². The van der Waals surface area contributed by atoms with Crippen LogP contribution in [0.2, 0.25) is 0 Å². The van der Waals surface area contributed by atoms with Crippen LogP contribution in [0.15, 0.2) is 0 Å². The molecular formula is C9H17N5. The molecule has 0 radical (unpaired) electrons. The van der Waals surface area contributed by atoms with Gasteiger partial charge in [-0.2, -0.15) is 0 Å². The molecule has 14 heavy (non-hydrogen) atoms. The lowest BCUT2D eigenvalue weighted by molar-refractivity contribution is 0.355. The molecular weight excluding hydrogens is 178 g/mol. The van der Waals surface area contributed by atoms with Gasteiger partial charge >= 0.3 is 0 Å². The fourth-order valence-electron chi connectivity index (χ4n) is 2.23. The van der Waals surface area contributed by atoms with Gasteiger partial charge in [0.15, 0.2) is 5.82 Å². The van der Waals surface area contributed by atoms with Gasteiger partial charge in [0.25, 0.3) is 0 Å². The topological polar surface area (TPSA) is 55.6 Å². The van der Waals surface area contributed by atoms with Crippen molar-refractivity contribution >= 4 is 0 Å². The SMILES string of the molecule is CNCc1nnnn1C1CCCC1C. The van der Waals surface area contributed by atoms with Crippen molar-refractivity contribution in [2.45, 2.75) is 38.8 Å². The molecule has 1 saturated carbocycles. The molecule has 1 aromatic heterocycles. The molecule has 5 nitrogen and oxygen atoms in total.